The van der Waals surface area contributed by atoms with Gasteiger partial charge in [0.05, 0.1) is 39.0 Å². The molecule has 252 valence electrons. The van der Waals surface area contributed by atoms with Gasteiger partial charge in [0.15, 0.2) is 0 Å². The Morgan fingerprint density at radius 1 is 1.00 bits per heavy atom. The van der Waals surface area contributed by atoms with Crippen molar-refractivity contribution in [2.24, 2.45) is 0 Å². The minimum absolute atomic E-state index is 0.0292. The summed E-state index contributed by atoms with van der Waals surface area (Å²) in [5, 5.41) is 4.36. The third kappa shape index (κ3) is 7.95. The van der Waals surface area contributed by atoms with Crippen LogP contribution in [0.3, 0.4) is 0 Å². The summed E-state index contributed by atoms with van der Waals surface area (Å²) < 4.78 is 74.7. The van der Waals surface area contributed by atoms with Gasteiger partial charge in [-0.25, -0.2) is 31.8 Å². The molecule has 1 fully saturated rings. The van der Waals surface area contributed by atoms with Gasteiger partial charge >= 0.3 is 0 Å². The molecule has 12 nitrogen and oxygen atoms in total. The van der Waals surface area contributed by atoms with E-state index in [0.29, 0.717) is 36.7 Å². The van der Waals surface area contributed by atoms with Crippen LogP contribution in [0.15, 0.2) is 66.1 Å². The first-order valence-electron chi connectivity index (χ1n) is 15.0. The van der Waals surface area contributed by atoms with E-state index in [1.165, 1.54) is 32.8 Å². The highest BCUT2D eigenvalue weighted by Gasteiger charge is 2.34. The van der Waals surface area contributed by atoms with Gasteiger partial charge in [-0.1, -0.05) is 18.0 Å². The highest BCUT2D eigenvalue weighted by atomic mass is 35.5. The van der Waals surface area contributed by atoms with Crippen LogP contribution >= 0.6 is 11.6 Å². The SMILES string of the molecule is COCCOCn1nccc1[C@@H]1CCCC[C@H]1Oc1cc(F)c(S(=O)(=O)N(Cc2ccc(OC)cc2OC)c2ccncn2)cc1Cl. The highest BCUT2D eigenvalue weighted by Crippen LogP contribution is 2.40. The molecule has 0 amide bonds. The number of benzene rings is 2. The summed E-state index contributed by atoms with van der Waals surface area (Å²) in [6.07, 6.45) is 7.38. The molecule has 2 heterocycles. The number of rotatable bonds is 15. The molecule has 2 atom stereocenters. The van der Waals surface area contributed by atoms with E-state index in [1.807, 2.05) is 6.07 Å². The normalized spacial score (nSPS) is 16.5. The summed E-state index contributed by atoms with van der Waals surface area (Å²) in [6.45, 7) is 0.914. The number of halogens is 2. The fraction of sp³-hybridized carbons (Fsp3) is 0.406. The second-order valence-corrected chi connectivity index (χ2v) is 13.0. The van der Waals surface area contributed by atoms with Crippen LogP contribution in [0.25, 0.3) is 0 Å². The number of aromatic nitrogens is 4. The van der Waals surface area contributed by atoms with Crippen LogP contribution in [-0.4, -0.2) is 68.8 Å². The van der Waals surface area contributed by atoms with Crippen molar-refractivity contribution in [1.82, 2.24) is 19.7 Å². The van der Waals surface area contributed by atoms with Crippen molar-refractivity contribution < 1.29 is 36.5 Å². The van der Waals surface area contributed by atoms with Crippen LogP contribution in [0.2, 0.25) is 5.02 Å². The van der Waals surface area contributed by atoms with Gasteiger partial charge in [0, 0.05) is 54.9 Å². The fourth-order valence-corrected chi connectivity index (χ4v) is 7.32. The number of methoxy groups -OCH3 is 3. The maximum absolute atomic E-state index is 15.9. The standard InChI is InChI=1S/C32H37ClFN5O7S/c1-42-14-15-45-21-38-27(10-13-37-38)24-6-4-5-7-28(24)46-30-18-26(34)31(17-25(30)33)47(40,41)39(32-11-12-35-20-36-32)19-22-8-9-23(43-2)16-29(22)44-3/h8-13,16-18,20,24,28H,4-7,14-15,19,21H2,1-3H3/t24-,28+/m0/s1. The maximum Gasteiger partial charge on any atom is 0.268 e. The van der Waals surface area contributed by atoms with Crippen LogP contribution in [0, 0.1) is 5.82 Å². The zero-order chi connectivity index (χ0) is 33.4. The van der Waals surface area contributed by atoms with Crippen LogP contribution in [0.4, 0.5) is 10.2 Å². The fourth-order valence-electron chi connectivity index (χ4n) is 5.57. The molecule has 2 aromatic heterocycles. The Hall–Kier alpha value is -3.98. The summed E-state index contributed by atoms with van der Waals surface area (Å²) in [7, 11) is 0.0237. The lowest BCUT2D eigenvalue weighted by atomic mass is 9.84. The van der Waals surface area contributed by atoms with Crippen LogP contribution in [-0.2, 0) is 32.8 Å². The molecule has 15 heteroatoms. The molecule has 0 saturated heterocycles. The van der Waals surface area contributed by atoms with E-state index in [-0.39, 0.29) is 41.9 Å². The van der Waals surface area contributed by atoms with Gasteiger partial charge in [-0.2, -0.15) is 5.10 Å². The third-order valence-electron chi connectivity index (χ3n) is 7.94. The second-order valence-electron chi connectivity index (χ2n) is 10.8. The van der Waals surface area contributed by atoms with E-state index in [1.54, 1.807) is 36.2 Å². The lowest BCUT2D eigenvalue weighted by Gasteiger charge is -2.32. The smallest absolute Gasteiger partial charge is 0.268 e. The van der Waals surface area contributed by atoms with Gasteiger partial charge in [-0.05, 0) is 43.5 Å². The Balaban J connectivity index is 1.43. The third-order valence-corrected chi connectivity index (χ3v) is 10.0. The first-order chi connectivity index (χ1) is 22.8. The van der Waals surface area contributed by atoms with Crippen molar-refractivity contribution >= 4 is 27.4 Å². The molecule has 0 bridgehead atoms. The number of anilines is 1. The van der Waals surface area contributed by atoms with E-state index in [2.05, 4.69) is 15.1 Å². The Bertz CT molecular complexity index is 1750. The molecule has 1 aliphatic carbocycles. The first-order valence-corrected chi connectivity index (χ1v) is 16.8. The van der Waals surface area contributed by atoms with Gasteiger partial charge in [0.25, 0.3) is 10.0 Å². The van der Waals surface area contributed by atoms with Gasteiger partial charge in [0.2, 0.25) is 0 Å². The Morgan fingerprint density at radius 3 is 2.57 bits per heavy atom. The van der Waals surface area contributed by atoms with Crippen molar-refractivity contribution in [3.8, 4) is 17.2 Å². The van der Waals surface area contributed by atoms with Crippen LogP contribution < -0.4 is 18.5 Å². The summed E-state index contributed by atoms with van der Waals surface area (Å²) in [4.78, 5) is 7.40. The lowest BCUT2D eigenvalue weighted by molar-refractivity contribution is 0.0250. The van der Waals surface area contributed by atoms with Crippen molar-refractivity contribution in [2.75, 3.05) is 38.8 Å². The Kier molecular flexibility index (Phi) is 11.5. The molecule has 1 saturated carbocycles. The minimum atomic E-state index is -4.55. The highest BCUT2D eigenvalue weighted by molar-refractivity contribution is 7.92. The molecule has 5 rings (SSSR count). The van der Waals surface area contributed by atoms with Gasteiger partial charge in [-0.15, -0.1) is 0 Å². The molecule has 47 heavy (non-hydrogen) atoms. The van der Waals surface area contributed by atoms with Crippen LogP contribution in [0.5, 0.6) is 17.2 Å². The van der Waals surface area contributed by atoms with E-state index in [9.17, 15) is 8.42 Å². The largest absolute Gasteiger partial charge is 0.497 e. The quantitative estimate of drug-likeness (QED) is 0.146. The number of hydrogen-bond acceptors (Lipinski definition) is 10. The summed E-state index contributed by atoms with van der Waals surface area (Å²) in [6, 6.07) is 10.4. The predicted molar refractivity (Wildman–Crippen MR) is 172 cm³/mol. The molecular formula is C32H37ClFN5O7S. The van der Waals surface area contributed by atoms with E-state index in [0.717, 1.165) is 41.4 Å². The second kappa shape index (κ2) is 15.7. The molecular weight excluding hydrogens is 653 g/mol. The monoisotopic (exact) mass is 689 g/mol. The van der Waals surface area contributed by atoms with Gasteiger partial charge in [-0.3, -0.25) is 0 Å². The molecule has 2 aromatic carbocycles. The first kappa shape index (κ1) is 34.4. The summed E-state index contributed by atoms with van der Waals surface area (Å²) in [5.41, 5.74) is 1.42. The topological polar surface area (TPSA) is 127 Å². The zero-order valence-corrected chi connectivity index (χ0v) is 27.9. The molecule has 0 aliphatic heterocycles. The van der Waals surface area contributed by atoms with Crippen LogP contribution in [0.1, 0.15) is 42.9 Å². The molecule has 0 radical (unpaired) electrons. The Morgan fingerprint density at radius 2 is 1.83 bits per heavy atom. The van der Waals surface area contributed by atoms with E-state index >= 15 is 4.39 Å². The molecule has 0 spiro atoms. The van der Waals surface area contributed by atoms with Crippen molar-refractivity contribution in [1.29, 1.82) is 0 Å². The van der Waals surface area contributed by atoms with E-state index < -0.39 is 20.7 Å². The summed E-state index contributed by atoms with van der Waals surface area (Å²) in [5.74, 6) is -0.0997. The zero-order valence-electron chi connectivity index (χ0n) is 26.3. The number of hydrogen-bond donors (Lipinski definition) is 0. The molecule has 1 aliphatic rings. The molecule has 4 aromatic rings. The summed E-state index contributed by atoms with van der Waals surface area (Å²) >= 11 is 6.64. The predicted octanol–water partition coefficient (Wildman–Crippen LogP) is 5.60. The van der Waals surface area contributed by atoms with Gasteiger partial charge < -0.3 is 23.7 Å². The lowest BCUT2D eigenvalue weighted by Crippen LogP contribution is -2.32. The van der Waals surface area contributed by atoms with Gasteiger partial charge in [0.1, 0.15) is 52.9 Å². The number of nitrogens with zero attached hydrogens (tertiary/aromatic N) is 5. The van der Waals surface area contributed by atoms with Crippen molar-refractivity contribution in [2.45, 2.75) is 55.9 Å². The average molecular weight is 690 g/mol. The average Bonchev–Trinajstić information content (AvgIpc) is 3.55. The minimum Gasteiger partial charge on any atom is -0.497 e. The van der Waals surface area contributed by atoms with Crippen molar-refractivity contribution in [3.63, 3.8) is 0 Å². The van der Waals surface area contributed by atoms with E-state index in [4.69, 9.17) is 35.3 Å². The number of sulfonamides is 1. The Labute approximate surface area is 278 Å². The molecule has 0 N–H and O–H groups in total. The maximum atomic E-state index is 15.9. The van der Waals surface area contributed by atoms with Crippen molar-refractivity contribution in [3.05, 3.63) is 83.3 Å². The number of ether oxygens (including phenoxy) is 5. The molecule has 0 unspecified atom stereocenters.